The summed E-state index contributed by atoms with van der Waals surface area (Å²) in [5, 5.41) is 3.37. The fourth-order valence-electron chi connectivity index (χ4n) is 2.28. The Morgan fingerprint density at radius 3 is 2.56 bits per heavy atom. The zero-order valence-electron chi connectivity index (χ0n) is 11.8. The van der Waals surface area contributed by atoms with Crippen LogP contribution in [-0.4, -0.2) is 19.7 Å². The monoisotopic (exact) mass is 247 g/mol. The first kappa shape index (κ1) is 13.4. The van der Waals surface area contributed by atoms with Gasteiger partial charge in [-0.2, -0.15) is 0 Å². The van der Waals surface area contributed by atoms with E-state index in [1.165, 1.54) is 12.0 Å². The molecule has 1 aromatic rings. The van der Waals surface area contributed by atoms with E-state index in [0.717, 1.165) is 31.9 Å². The van der Waals surface area contributed by atoms with Crippen molar-refractivity contribution in [2.24, 2.45) is 5.92 Å². The number of nitrogens with one attached hydrogen (secondary N) is 1. The SMILES string of the molecule is CCC(C)(C)c1ccc(OC[C@@H]2CCNC2)cc1. The Hall–Kier alpha value is -1.02. The van der Waals surface area contributed by atoms with E-state index in [2.05, 4.69) is 50.4 Å². The topological polar surface area (TPSA) is 21.3 Å². The molecule has 1 heterocycles. The fraction of sp³-hybridized carbons (Fsp3) is 0.625. The molecule has 0 spiro atoms. The van der Waals surface area contributed by atoms with Gasteiger partial charge in [0.25, 0.3) is 0 Å². The number of ether oxygens (including phenoxy) is 1. The first-order valence-corrected chi connectivity index (χ1v) is 7.06. The van der Waals surface area contributed by atoms with Gasteiger partial charge in [-0.05, 0) is 42.5 Å². The molecule has 0 saturated carbocycles. The predicted molar refractivity (Wildman–Crippen MR) is 76.2 cm³/mol. The summed E-state index contributed by atoms with van der Waals surface area (Å²) >= 11 is 0. The van der Waals surface area contributed by atoms with Gasteiger partial charge in [0.1, 0.15) is 5.75 Å². The van der Waals surface area contributed by atoms with E-state index in [-0.39, 0.29) is 5.41 Å². The van der Waals surface area contributed by atoms with Crippen LogP contribution in [0.4, 0.5) is 0 Å². The van der Waals surface area contributed by atoms with Gasteiger partial charge in [0, 0.05) is 12.5 Å². The molecule has 0 aliphatic carbocycles. The number of rotatable bonds is 5. The van der Waals surface area contributed by atoms with Crippen molar-refractivity contribution in [3.05, 3.63) is 29.8 Å². The maximum absolute atomic E-state index is 5.85. The Kier molecular flexibility index (Phi) is 4.28. The molecular weight excluding hydrogens is 222 g/mol. The van der Waals surface area contributed by atoms with Crippen LogP contribution in [0.3, 0.4) is 0 Å². The van der Waals surface area contributed by atoms with Gasteiger partial charge in [-0.1, -0.05) is 32.9 Å². The summed E-state index contributed by atoms with van der Waals surface area (Å²) in [5.41, 5.74) is 1.65. The number of benzene rings is 1. The lowest BCUT2D eigenvalue weighted by atomic mass is 9.82. The van der Waals surface area contributed by atoms with Gasteiger partial charge in [0.2, 0.25) is 0 Å². The summed E-state index contributed by atoms with van der Waals surface area (Å²) in [4.78, 5) is 0. The smallest absolute Gasteiger partial charge is 0.119 e. The predicted octanol–water partition coefficient (Wildman–Crippen LogP) is 3.36. The van der Waals surface area contributed by atoms with E-state index >= 15 is 0 Å². The third-order valence-corrected chi connectivity index (χ3v) is 4.17. The van der Waals surface area contributed by atoms with Crippen molar-refractivity contribution in [3.8, 4) is 5.75 Å². The maximum atomic E-state index is 5.85. The zero-order valence-corrected chi connectivity index (χ0v) is 11.8. The molecule has 2 rings (SSSR count). The van der Waals surface area contributed by atoms with Crippen LogP contribution in [0.5, 0.6) is 5.75 Å². The van der Waals surface area contributed by atoms with Crippen LogP contribution in [0.2, 0.25) is 0 Å². The first-order chi connectivity index (χ1) is 8.62. The van der Waals surface area contributed by atoms with Crippen LogP contribution in [0.15, 0.2) is 24.3 Å². The first-order valence-electron chi connectivity index (χ1n) is 7.06. The molecule has 100 valence electrons. The van der Waals surface area contributed by atoms with Gasteiger partial charge in [-0.3, -0.25) is 0 Å². The Labute approximate surface area is 111 Å². The summed E-state index contributed by atoms with van der Waals surface area (Å²) in [6.45, 7) is 9.87. The highest BCUT2D eigenvalue weighted by Gasteiger charge is 2.18. The minimum Gasteiger partial charge on any atom is -0.493 e. The molecule has 2 heteroatoms. The average molecular weight is 247 g/mol. The second-order valence-electron chi connectivity index (χ2n) is 5.93. The molecule has 1 aliphatic heterocycles. The minimum absolute atomic E-state index is 0.258. The Bertz CT molecular complexity index is 363. The van der Waals surface area contributed by atoms with Crippen molar-refractivity contribution in [1.82, 2.24) is 5.32 Å². The average Bonchev–Trinajstić information content (AvgIpc) is 2.90. The quantitative estimate of drug-likeness (QED) is 0.861. The molecule has 2 nitrogen and oxygen atoms in total. The molecule has 0 aromatic heterocycles. The zero-order chi connectivity index (χ0) is 13.0. The van der Waals surface area contributed by atoms with Crippen molar-refractivity contribution >= 4 is 0 Å². The summed E-state index contributed by atoms with van der Waals surface area (Å²) in [5.74, 6) is 1.68. The molecule has 18 heavy (non-hydrogen) atoms. The van der Waals surface area contributed by atoms with Crippen molar-refractivity contribution < 1.29 is 4.74 Å². The standard InChI is InChI=1S/C16H25NO/c1-4-16(2,3)14-5-7-15(8-6-14)18-12-13-9-10-17-11-13/h5-8,13,17H,4,9-12H2,1-3H3/t13-/m1/s1. The molecular formula is C16H25NO. The summed E-state index contributed by atoms with van der Waals surface area (Å²) < 4.78 is 5.85. The van der Waals surface area contributed by atoms with Crippen LogP contribution in [0.1, 0.15) is 39.2 Å². The molecule has 1 saturated heterocycles. The van der Waals surface area contributed by atoms with Gasteiger partial charge >= 0.3 is 0 Å². The van der Waals surface area contributed by atoms with Gasteiger partial charge < -0.3 is 10.1 Å². The lowest BCUT2D eigenvalue weighted by Crippen LogP contribution is -2.16. The summed E-state index contributed by atoms with van der Waals surface area (Å²) in [6.07, 6.45) is 2.39. The molecule has 0 radical (unpaired) electrons. The molecule has 1 N–H and O–H groups in total. The van der Waals surface area contributed by atoms with E-state index in [4.69, 9.17) is 4.74 Å². The van der Waals surface area contributed by atoms with Gasteiger partial charge in [0.05, 0.1) is 6.61 Å². The molecule has 1 aliphatic rings. The van der Waals surface area contributed by atoms with Crippen LogP contribution >= 0.6 is 0 Å². The molecule has 0 unspecified atom stereocenters. The lowest BCUT2D eigenvalue weighted by Gasteiger charge is -2.23. The van der Waals surface area contributed by atoms with Crippen LogP contribution in [0.25, 0.3) is 0 Å². The highest BCUT2D eigenvalue weighted by atomic mass is 16.5. The highest BCUT2D eigenvalue weighted by Crippen LogP contribution is 2.28. The second kappa shape index (κ2) is 5.75. The van der Waals surface area contributed by atoms with Crippen molar-refractivity contribution in [1.29, 1.82) is 0 Å². The summed E-state index contributed by atoms with van der Waals surface area (Å²) in [7, 11) is 0. The summed E-state index contributed by atoms with van der Waals surface area (Å²) in [6, 6.07) is 8.61. The van der Waals surface area contributed by atoms with E-state index in [9.17, 15) is 0 Å². The second-order valence-corrected chi connectivity index (χ2v) is 5.93. The van der Waals surface area contributed by atoms with Gasteiger partial charge in [0.15, 0.2) is 0 Å². The lowest BCUT2D eigenvalue weighted by molar-refractivity contribution is 0.260. The van der Waals surface area contributed by atoms with Crippen LogP contribution in [-0.2, 0) is 5.41 Å². The molecule has 1 aromatic carbocycles. The molecule has 1 atom stereocenters. The Morgan fingerprint density at radius 1 is 1.28 bits per heavy atom. The van der Waals surface area contributed by atoms with E-state index in [1.807, 2.05) is 0 Å². The van der Waals surface area contributed by atoms with Crippen LogP contribution in [0, 0.1) is 5.92 Å². The number of hydrogen-bond donors (Lipinski definition) is 1. The molecule has 0 bridgehead atoms. The third kappa shape index (κ3) is 3.26. The van der Waals surface area contributed by atoms with Gasteiger partial charge in [-0.25, -0.2) is 0 Å². The fourth-order valence-corrected chi connectivity index (χ4v) is 2.28. The molecule has 1 fully saturated rings. The van der Waals surface area contributed by atoms with Crippen molar-refractivity contribution in [3.63, 3.8) is 0 Å². The van der Waals surface area contributed by atoms with E-state index in [0.29, 0.717) is 5.92 Å². The third-order valence-electron chi connectivity index (χ3n) is 4.17. The van der Waals surface area contributed by atoms with E-state index in [1.54, 1.807) is 0 Å². The Morgan fingerprint density at radius 2 is 2.00 bits per heavy atom. The maximum Gasteiger partial charge on any atom is 0.119 e. The normalized spacial score (nSPS) is 20.1. The largest absolute Gasteiger partial charge is 0.493 e. The highest BCUT2D eigenvalue weighted by molar-refractivity contribution is 5.31. The molecule has 0 amide bonds. The minimum atomic E-state index is 0.258. The Balaban J connectivity index is 1.91. The van der Waals surface area contributed by atoms with Gasteiger partial charge in [-0.15, -0.1) is 0 Å². The van der Waals surface area contributed by atoms with Crippen molar-refractivity contribution in [2.45, 2.75) is 39.0 Å². The van der Waals surface area contributed by atoms with Crippen LogP contribution < -0.4 is 10.1 Å². The number of hydrogen-bond acceptors (Lipinski definition) is 2. The van der Waals surface area contributed by atoms with Crippen molar-refractivity contribution in [2.75, 3.05) is 19.7 Å². The van der Waals surface area contributed by atoms with E-state index < -0.39 is 0 Å².